The van der Waals surface area contributed by atoms with Gasteiger partial charge < -0.3 is 4.90 Å². The second-order valence-electron chi connectivity index (χ2n) is 6.94. The third-order valence-electron chi connectivity index (χ3n) is 5.22. The van der Waals surface area contributed by atoms with Crippen molar-refractivity contribution < 1.29 is 4.79 Å². The van der Waals surface area contributed by atoms with Crippen LogP contribution in [0.2, 0.25) is 0 Å². The van der Waals surface area contributed by atoms with E-state index in [1.54, 1.807) is 11.0 Å². The number of rotatable bonds is 5. The van der Waals surface area contributed by atoms with Crippen molar-refractivity contribution in [1.82, 2.24) is 35.3 Å². The molecular formula is C19H23N7O. The molecule has 3 aromatic rings. The van der Waals surface area contributed by atoms with Gasteiger partial charge in [0.25, 0.3) is 0 Å². The molecule has 1 fully saturated rings. The van der Waals surface area contributed by atoms with E-state index in [9.17, 15) is 4.79 Å². The number of tetrazole rings is 1. The molecule has 140 valence electrons. The Kier molecular flexibility index (Phi) is 4.95. The van der Waals surface area contributed by atoms with Crippen LogP contribution in [0.5, 0.6) is 0 Å². The van der Waals surface area contributed by atoms with Crippen molar-refractivity contribution in [1.29, 1.82) is 0 Å². The van der Waals surface area contributed by atoms with E-state index in [1.807, 2.05) is 35.4 Å². The van der Waals surface area contributed by atoms with E-state index < -0.39 is 0 Å². The second kappa shape index (κ2) is 7.69. The minimum Gasteiger partial charge on any atom is -0.342 e. The molecule has 0 radical (unpaired) electrons. The van der Waals surface area contributed by atoms with Crippen LogP contribution in [-0.4, -0.2) is 54.3 Å². The summed E-state index contributed by atoms with van der Waals surface area (Å²) in [5, 5.41) is 18.5. The number of carbonyl (C=O) groups excluding carboxylic acids is 1. The molecule has 27 heavy (non-hydrogen) atoms. The third kappa shape index (κ3) is 3.74. The van der Waals surface area contributed by atoms with Crippen LogP contribution in [0.1, 0.15) is 42.5 Å². The highest BCUT2D eigenvalue weighted by Gasteiger charge is 2.27. The van der Waals surface area contributed by atoms with Crippen LogP contribution in [0.15, 0.2) is 36.8 Å². The average molecular weight is 365 g/mol. The summed E-state index contributed by atoms with van der Waals surface area (Å²) in [6.45, 7) is 3.73. The number of aromatic nitrogens is 6. The highest BCUT2D eigenvalue weighted by Crippen LogP contribution is 2.28. The van der Waals surface area contributed by atoms with Crippen molar-refractivity contribution in [2.24, 2.45) is 0 Å². The first-order valence-electron chi connectivity index (χ1n) is 9.36. The van der Waals surface area contributed by atoms with Gasteiger partial charge in [0.2, 0.25) is 5.91 Å². The van der Waals surface area contributed by atoms with Crippen LogP contribution in [0.4, 0.5) is 0 Å². The zero-order valence-corrected chi connectivity index (χ0v) is 15.4. The molecule has 1 amide bonds. The van der Waals surface area contributed by atoms with E-state index >= 15 is 0 Å². The zero-order chi connectivity index (χ0) is 18.6. The fourth-order valence-corrected chi connectivity index (χ4v) is 3.73. The number of likely N-dealkylation sites (tertiary alicyclic amines) is 1. The Hall–Kier alpha value is -3.03. The van der Waals surface area contributed by atoms with E-state index in [0.717, 1.165) is 43.6 Å². The van der Waals surface area contributed by atoms with E-state index in [2.05, 4.69) is 32.6 Å². The molecule has 0 saturated carbocycles. The molecule has 3 heterocycles. The maximum atomic E-state index is 12.8. The molecule has 1 aromatic carbocycles. The maximum absolute atomic E-state index is 12.8. The fourth-order valence-electron chi connectivity index (χ4n) is 3.73. The predicted octanol–water partition coefficient (Wildman–Crippen LogP) is 1.90. The Morgan fingerprint density at radius 3 is 2.89 bits per heavy atom. The van der Waals surface area contributed by atoms with Gasteiger partial charge in [0.1, 0.15) is 6.33 Å². The van der Waals surface area contributed by atoms with Gasteiger partial charge in [-0.15, -0.1) is 5.10 Å². The number of carbonyl (C=O) groups is 1. The van der Waals surface area contributed by atoms with E-state index in [1.165, 1.54) is 11.3 Å². The SMILES string of the molecule is CCc1cn[nH]c1[C@H]1CCCN(C(=O)Cc2ccc(-n3cnnn3)cc2)C1. The zero-order valence-electron chi connectivity index (χ0n) is 15.4. The largest absolute Gasteiger partial charge is 0.342 e. The minimum atomic E-state index is 0.174. The highest BCUT2D eigenvalue weighted by molar-refractivity contribution is 5.79. The van der Waals surface area contributed by atoms with E-state index in [0.29, 0.717) is 12.3 Å². The van der Waals surface area contributed by atoms with Crippen LogP contribution < -0.4 is 0 Å². The van der Waals surface area contributed by atoms with Gasteiger partial charge in [0.15, 0.2) is 0 Å². The Bertz CT molecular complexity index is 885. The highest BCUT2D eigenvalue weighted by atomic mass is 16.2. The summed E-state index contributed by atoms with van der Waals surface area (Å²) >= 11 is 0. The van der Waals surface area contributed by atoms with Crippen LogP contribution >= 0.6 is 0 Å². The molecule has 1 N–H and O–H groups in total. The van der Waals surface area contributed by atoms with Crippen molar-refractivity contribution in [3.63, 3.8) is 0 Å². The topological polar surface area (TPSA) is 92.6 Å². The lowest BCUT2D eigenvalue weighted by Crippen LogP contribution is -2.40. The number of benzene rings is 1. The summed E-state index contributed by atoms with van der Waals surface area (Å²) in [5.74, 6) is 0.523. The normalized spacial score (nSPS) is 17.2. The first kappa shape index (κ1) is 17.4. The van der Waals surface area contributed by atoms with E-state index in [4.69, 9.17) is 0 Å². The summed E-state index contributed by atoms with van der Waals surface area (Å²) in [5.41, 5.74) is 4.32. The Morgan fingerprint density at radius 1 is 1.30 bits per heavy atom. The van der Waals surface area contributed by atoms with Crippen molar-refractivity contribution >= 4 is 5.91 Å². The molecule has 1 aliphatic heterocycles. The third-order valence-corrected chi connectivity index (χ3v) is 5.22. The molecule has 1 atom stereocenters. The number of amides is 1. The number of H-pyrrole nitrogens is 1. The number of piperidine rings is 1. The van der Waals surface area contributed by atoms with Gasteiger partial charge in [0, 0.05) is 24.7 Å². The van der Waals surface area contributed by atoms with Crippen LogP contribution in [-0.2, 0) is 17.6 Å². The van der Waals surface area contributed by atoms with Gasteiger partial charge in [-0.2, -0.15) is 5.10 Å². The number of hydrogen-bond donors (Lipinski definition) is 1. The summed E-state index contributed by atoms with van der Waals surface area (Å²) in [6.07, 6.45) is 6.95. The minimum absolute atomic E-state index is 0.174. The first-order valence-corrected chi connectivity index (χ1v) is 9.36. The summed E-state index contributed by atoms with van der Waals surface area (Å²) in [7, 11) is 0. The number of aromatic amines is 1. The quantitative estimate of drug-likeness (QED) is 0.745. The van der Waals surface area contributed by atoms with Crippen LogP contribution in [0.3, 0.4) is 0 Å². The molecule has 4 rings (SSSR count). The van der Waals surface area contributed by atoms with Gasteiger partial charge in [0.05, 0.1) is 18.3 Å². The Morgan fingerprint density at radius 2 is 2.15 bits per heavy atom. The molecule has 8 heteroatoms. The summed E-state index contributed by atoms with van der Waals surface area (Å²) < 4.78 is 1.59. The number of hydrogen-bond acceptors (Lipinski definition) is 5. The van der Waals surface area contributed by atoms with Gasteiger partial charge in [-0.25, -0.2) is 4.68 Å². The van der Waals surface area contributed by atoms with Crippen molar-refractivity contribution in [2.75, 3.05) is 13.1 Å². The standard InChI is InChI=1S/C19H23N7O/c1-2-15-11-20-22-19(15)16-4-3-9-25(12-16)18(27)10-14-5-7-17(8-6-14)26-13-21-23-24-26/h5-8,11,13,16H,2-4,9-10,12H2,1H3,(H,20,22)/t16-/m0/s1. The summed E-state index contributed by atoms with van der Waals surface area (Å²) in [6, 6.07) is 7.77. The first-order chi connectivity index (χ1) is 13.2. The molecular weight excluding hydrogens is 342 g/mol. The lowest BCUT2D eigenvalue weighted by atomic mass is 9.91. The van der Waals surface area contributed by atoms with Gasteiger partial charge in [-0.3, -0.25) is 9.89 Å². The fraction of sp³-hybridized carbons (Fsp3) is 0.421. The molecule has 0 aliphatic carbocycles. The average Bonchev–Trinajstić information content (AvgIpc) is 3.40. The number of aryl methyl sites for hydroxylation is 1. The molecule has 0 unspecified atom stereocenters. The van der Waals surface area contributed by atoms with Crippen molar-refractivity contribution in [3.05, 3.63) is 53.6 Å². The molecule has 1 saturated heterocycles. The second-order valence-corrected chi connectivity index (χ2v) is 6.94. The van der Waals surface area contributed by atoms with Crippen LogP contribution in [0, 0.1) is 0 Å². The Balaban J connectivity index is 1.40. The predicted molar refractivity (Wildman–Crippen MR) is 99.4 cm³/mol. The lowest BCUT2D eigenvalue weighted by molar-refractivity contribution is -0.131. The molecule has 8 nitrogen and oxygen atoms in total. The smallest absolute Gasteiger partial charge is 0.227 e. The Labute approximate surface area is 157 Å². The molecule has 0 spiro atoms. The molecule has 1 aliphatic rings. The van der Waals surface area contributed by atoms with Crippen LogP contribution in [0.25, 0.3) is 5.69 Å². The summed E-state index contributed by atoms with van der Waals surface area (Å²) in [4.78, 5) is 14.8. The lowest BCUT2D eigenvalue weighted by Gasteiger charge is -2.33. The van der Waals surface area contributed by atoms with Crippen molar-refractivity contribution in [2.45, 2.75) is 38.5 Å². The molecule has 0 bridgehead atoms. The number of nitrogens with zero attached hydrogens (tertiary/aromatic N) is 6. The van der Waals surface area contributed by atoms with Gasteiger partial charge in [-0.05, 0) is 52.9 Å². The van der Waals surface area contributed by atoms with Crippen molar-refractivity contribution in [3.8, 4) is 5.69 Å². The van der Waals surface area contributed by atoms with E-state index in [-0.39, 0.29) is 5.91 Å². The monoisotopic (exact) mass is 365 g/mol. The van der Waals surface area contributed by atoms with Gasteiger partial charge >= 0.3 is 0 Å². The van der Waals surface area contributed by atoms with Gasteiger partial charge in [-0.1, -0.05) is 19.1 Å². The molecule has 2 aromatic heterocycles. The maximum Gasteiger partial charge on any atom is 0.227 e. The number of nitrogens with one attached hydrogen (secondary N) is 1.